The number of imidazole rings is 1. The number of piperidine rings is 3. The lowest BCUT2D eigenvalue weighted by atomic mass is 9.71. The Bertz CT molecular complexity index is 996. The molecule has 5 rings (SSSR count). The van der Waals surface area contributed by atoms with Crippen molar-refractivity contribution in [1.29, 1.82) is 0 Å². The number of amides is 2. The smallest absolute Gasteiger partial charge is 0.290 e. The molecular weight excluding hydrogens is 478 g/mol. The lowest BCUT2D eigenvalue weighted by Crippen LogP contribution is -2.68. The van der Waals surface area contributed by atoms with Crippen LogP contribution in [0.25, 0.3) is 0 Å². The summed E-state index contributed by atoms with van der Waals surface area (Å²) < 4.78 is 0. The van der Waals surface area contributed by atoms with Gasteiger partial charge in [0.05, 0.1) is 0 Å². The van der Waals surface area contributed by atoms with Crippen LogP contribution in [0.1, 0.15) is 37.1 Å². The number of fused-ring (bicyclic) bond motifs is 4. The third kappa shape index (κ3) is 7.39. The molecule has 0 unspecified atom stereocenters. The van der Waals surface area contributed by atoms with Crippen LogP contribution in [0, 0.1) is 11.8 Å². The molecule has 3 aliphatic heterocycles. The van der Waals surface area contributed by atoms with Gasteiger partial charge in [0.25, 0.3) is 12.9 Å². The van der Waals surface area contributed by atoms with E-state index >= 15 is 0 Å². The van der Waals surface area contributed by atoms with Gasteiger partial charge in [0.15, 0.2) is 0 Å². The number of nitrogens with one attached hydrogen (secondary N) is 2. The first kappa shape index (κ1) is 27.9. The SMILES string of the molecule is O=C(NCCc1ncc[nH]1)[C@H]1[C@H]2C[C@H](CN(Cc3ccccc3)C2)[C@@H]2CCCC(=O)N21.O=CO.O=CO. The van der Waals surface area contributed by atoms with Crippen LogP contribution in [-0.2, 0) is 32.1 Å². The molecule has 4 N–H and O–H groups in total. The average molecular weight is 514 g/mol. The topological polar surface area (TPSA) is 156 Å². The van der Waals surface area contributed by atoms with Gasteiger partial charge in [0.1, 0.15) is 11.9 Å². The second kappa shape index (κ2) is 14.1. The molecule has 4 heterocycles. The van der Waals surface area contributed by atoms with E-state index in [9.17, 15) is 9.59 Å². The van der Waals surface area contributed by atoms with Gasteiger partial charge in [-0.25, -0.2) is 4.98 Å². The van der Waals surface area contributed by atoms with Crippen LogP contribution in [0.3, 0.4) is 0 Å². The molecule has 2 aromatic rings. The van der Waals surface area contributed by atoms with E-state index in [1.807, 2.05) is 11.0 Å². The minimum Gasteiger partial charge on any atom is -0.483 e. The Morgan fingerprint density at radius 3 is 2.51 bits per heavy atom. The van der Waals surface area contributed by atoms with Gasteiger partial charge in [-0.05, 0) is 30.7 Å². The van der Waals surface area contributed by atoms with Crippen molar-refractivity contribution in [1.82, 2.24) is 25.1 Å². The third-order valence-electron chi connectivity index (χ3n) is 7.15. The molecule has 1 aromatic carbocycles. The summed E-state index contributed by atoms with van der Waals surface area (Å²) in [4.78, 5) is 54.8. The maximum absolute atomic E-state index is 13.3. The molecule has 11 heteroatoms. The highest BCUT2D eigenvalue weighted by Crippen LogP contribution is 2.42. The van der Waals surface area contributed by atoms with E-state index in [0.29, 0.717) is 25.3 Å². The molecule has 37 heavy (non-hydrogen) atoms. The molecule has 2 amide bonds. The summed E-state index contributed by atoms with van der Waals surface area (Å²) in [6.45, 7) is 2.80. The summed E-state index contributed by atoms with van der Waals surface area (Å²) in [7, 11) is 0. The monoisotopic (exact) mass is 513 g/mol. The summed E-state index contributed by atoms with van der Waals surface area (Å²) in [6, 6.07) is 10.4. The number of aromatic nitrogens is 2. The van der Waals surface area contributed by atoms with Crippen LogP contribution < -0.4 is 5.32 Å². The summed E-state index contributed by atoms with van der Waals surface area (Å²) in [6.07, 6.45) is 7.73. The maximum atomic E-state index is 13.3. The highest BCUT2D eigenvalue weighted by atomic mass is 16.3. The molecule has 3 saturated heterocycles. The molecule has 0 spiro atoms. The molecule has 11 nitrogen and oxygen atoms in total. The summed E-state index contributed by atoms with van der Waals surface area (Å²) >= 11 is 0. The number of carbonyl (C=O) groups is 4. The molecule has 2 bridgehead atoms. The van der Waals surface area contributed by atoms with Crippen LogP contribution in [0.2, 0.25) is 0 Å². The zero-order valence-corrected chi connectivity index (χ0v) is 20.7. The fourth-order valence-corrected chi connectivity index (χ4v) is 5.90. The van der Waals surface area contributed by atoms with Crippen molar-refractivity contribution in [2.45, 2.75) is 50.7 Å². The molecule has 3 aliphatic rings. The van der Waals surface area contributed by atoms with Gasteiger partial charge in [-0.2, -0.15) is 0 Å². The van der Waals surface area contributed by atoms with E-state index in [1.54, 1.807) is 12.4 Å². The highest BCUT2D eigenvalue weighted by molar-refractivity contribution is 5.89. The first-order valence-corrected chi connectivity index (χ1v) is 12.5. The van der Waals surface area contributed by atoms with Crippen molar-refractivity contribution in [3.63, 3.8) is 0 Å². The Balaban J connectivity index is 0.000000580. The summed E-state index contributed by atoms with van der Waals surface area (Å²) in [5.74, 6) is 1.66. The number of hydrogen-bond acceptors (Lipinski definition) is 6. The molecule has 0 saturated carbocycles. The van der Waals surface area contributed by atoms with Gasteiger partial charge in [-0.15, -0.1) is 0 Å². The Hall–Kier alpha value is -3.73. The second-order valence-electron chi connectivity index (χ2n) is 9.43. The number of nitrogens with zero attached hydrogens (tertiary/aromatic N) is 3. The number of carboxylic acid groups (broad SMARTS) is 2. The Labute approximate surface area is 215 Å². The van der Waals surface area contributed by atoms with E-state index in [1.165, 1.54) is 5.56 Å². The van der Waals surface area contributed by atoms with Crippen LogP contribution in [0.5, 0.6) is 0 Å². The summed E-state index contributed by atoms with van der Waals surface area (Å²) in [5, 5.41) is 16.9. The molecule has 200 valence electrons. The van der Waals surface area contributed by atoms with E-state index in [0.717, 1.165) is 44.7 Å². The number of carbonyl (C=O) groups excluding carboxylic acids is 2. The number of likely N-dealkylation sites (tertiary alicyclic amines) is 1. The zero-order valence-electron chi connectivity index (χ0n) is 20.7. The van der Waals surface area contributed by atoms with Crippen LogP contribution in [-0.4, -0.2) is 86.5 Å². The van der Waals surface area contributed by atoms with E-state index in [4.69, 9.17) is 19.8 Å². The van der Waals surface area contributed by atoms with Gasteiger partial charge in [0.2, 0.25) is 11.8 Å². The highest BCUT2D eigenvalue weighted by Gasteiger charge is 2.51. The predicted molar refractivity (Wildman–Crippen MR) is 134 cm³/mol. The lowest BCUT2D eigenvalue weighted by Gasteiger charge is -2.56. The maximum Gasteiger partial charge on any atom is 0.290 e. The fraction of sp³-hybridized carbons (Fsp3) is 0.500. The first-order chi connectivity index (χ1) is 18.0. The lowest BCUT2D eigenvalue weighted by molar-refractivity contribution is -0.160. The van der Waals surface area contributed by atoms with Crippen molar-refractivity contribution in [3.05, 3.63) is 54.1 Å². The van der Waals surface area contributed by atoms with Crippen molar-refractivity contribution in [3.8, 4) is 0 Å². The predicted octanol–water partition coefficient (Wildman–Crippen LogP) is 1.37. The van der Waals surface area contributed by atoms with Gasteiger partial charge in [-0.3, -0.25) is 24.1 Å². The molecule has 4 atom stereocenters. The van der Waals surface area contributed by atoms with Crippen LogP contribution in [0.4, 0.5) is 0 Å². The molecule has 3 fully saturated rings. The van der Waals surface area contributed by atoms with E-state index < -0.39 is 0 Å². The largest absolute Gasteiger partial charge is 0.483 e. The molecular formula is C26H35N5O6. The zero-order chi connectivity index (χ0) is 26.6. The molecule has 0 radical (unpaired) electrons. The van der Waals surface area contributed by atoms with E-state index in [-0.39, 0.29) is 42.8 Å². The van der Waals surface area contributed by atoms with Crippen molar-refractivity contribution in [2.75, 3.05) is 19.6 Å². The first-order valence-electron chi connectivity index (χ1n) is 12.5. The number of H-pyrrole nitrogens is 1. The van der Waals surface area contributed by atoms with Gasteiger partial charge >= 0.3 is 0 Å². The number of hydrogen-bond donors (Lipinski definition) is 4. The van der Waals surface area contributed by atoms with Crippen molar-refractivity contribution in [2.24, 2.45) is 11.8 Å². The Morgan fingerprint density at radius 2 is 1.84 bits per heavy atom. The minimum absolute atomic E-state index is 0.00295. The second-order valence-corrected chi connectivity index (χ2v) is 9.43. The molecule has 0 aliphatic carbocycles. The van der Waals surface area contributed by atoms with Crippen LogP contribution in [0.15, 0.2) is 42.7 Å². The summed E-state index contributed by atoms with van der Waals surface area (Å²) in [5.41, 5.74) is 1.30. The quantitative estimate of drug-likeness (QED) is 0.422. The average Bonchev–Trinajstić information content (AvgIpc) is 3.40. The Morgan fingerprint density at radius 1 is 1.14 bits per heavy atom. The minimum atomic E-state index is -0.357. The van der Waals surface area contributed by atoms with Gasteiger partial charge in [0, 0.05) is 63.4 Å². The Kier molecular flexibility index (Phi) is 10.6. The van der Waals surface area contributed by atoms with Crippen molar-refractivity contribution < 1.29 is 29.4 Å². The van der Waals surface area contributed by atoms with Crippen LogP contribution >= 0.6 is 0 Å². The number of rotatable bonds is 6. The van der Waals surface area contributed by atoms with E-state index in [2.05, 4.69) is 44.5 Å². The number of aromatic amines is 1. The van der Waals surface area contributed by atoms with Gasteiger partial charge in [-0.1, -0.05) is 30.3 Å². The molecule has 1 aromatic heterocycles. The standard InChI is InChI=1S/C24H31N5O2.2CH2O2/c30-22-8-4-7-20-18-13-19(16-28(15-18)14-17-5-2-1-3-6-17)23(29(20)22)24(31)27-10-9-21-25-11-12-26-21;2*2-1-3/h1-3,5-6,11-12,18-20,23H,4,7-10,13-16H2,(H,25,26)(H,27,31);2*1H,(H,2,3)/t18-,19+,20+,23-;;/m1../s1. The third-order valence-corrected chi connectivity index (χ3v) is 7.15. The normalized spacial score (nSPS) is 24.3. The fourth-order valence-electron chi connectivity index (χ4n) is 5.90. The number of benzene rings is 1. The van der Waals surface area contributed by atoms with Gasteiger partial charge < -0.3 is 25.4 Å². The van der Waals surface area contributed by atoms with Crippen molar-refractivity contribution >= 4 is 24.8 Å².